The summed E-state index contributed by atoms with van der Waals surface area (Å²) in [6.45, 7) is 6.96. The van der Waals surface area contributed by atoms with Crippen molar-refractivity contribution in [3.8, 4) is 11.1 Å². The number of carboxylic acid groups (broad SMARTS) is 1. The first-order valence-electron chi connectivity index (χ1n) is 9.01. The molecule has 0 aromatic heterocycles. The lowest BCUT2D eigenvalue weighted by atomic mass is 9.75. The van der Waals surface area contributed by atoms with Crippen LogP contribution >= 0.6 is 0 Å². The van der Waals surface area contributed by atoms with E-state index in [9.17, 15) is 14.7 Å². The fourth-order valence-electron chi connectivity index (χ4n) is 3.40. The summed E-state index contributed by atoms with van der Waals surface area (Å²) in [6.07, 6.45) is -0.725. The number of rotatable bonds is 4. The molecule has 0 radical (unpaired) electrons. The lowest BCUT2D eigenvalue weighted by molar-refractivity contribution is -0.148. The Morgan fingerprint density at radius 1 is 0.963 bits per heavy atom. The molecule has 27 heavy (non-hydrogen) atoms. The highest BCUT2D eigenvalue weighted by Crippen LogP contribution is 2.44. The van der Waals surface area contributed by atoms with Crippen LogP contribution in [-0.4, -0.2) is 29.3 Å². The second-order valence-electron chi connectivity index (χ2n) is 8.13. The molecule has 1 amide bonds. The molecule has 0 fully saturated rings. The van der Waals surface area contributed by atoms with Gasteiger partial charge in [-0.25, -0.2) is 9.59 Å². The zero-order valence-corrected chi connectivity index (χ0v) is 16.1. The van der Waals surface area contributed by atoms with E-state index < -0.39 is 23.0 Å². The molecule has 142 valence electrons. The van der Waals surface area contributed by atoms with Gasteiger partial charge in [-0.2, -0.15) is 0 Å². The summed E-state index contributed by atoms with van der Waals surface area (Å²) in [7, 11) is 0. The number of aliphatic carboxylic acids is 1. The van der Waals surface area contributed by atoms with Gasteiger partial charge < -0.3 is 15.2 Å². The summed E-state index contributed by atoms with van der Waals surface area (Å²) in [5.74, 6) is -1.16. The first kappa shape index (κ1) is 19.0. The van der Waals surface area contributed by atoms with Gasteiger partial charge in [0.05, 0.1) is 0 Å². The highest BCUT2D eigenvalue weighted by Gasteiger charge is 2.46. The number of benzene rings is 2. The quantitative estimate of drug-likeness (QED) is 0.839. The molecule has 3 rings (SSSR count). The van der Waals surface area contributed by atoms with E-state index in [4.69, 9.17) is 4.74 Å². The third-order valence-corrected chi connectivity index (χ3v) is 5.62. The van der Waals surface area contributed by atoms with Crippen LogP contribution < -0.4 is 5.32 Å². The van der Waals surface area contributed by atoms with Crippen LogP contribution in [0.25, 0.3) is 11.1 Å². The molecule has 1 aliphatic carbocycles. The summed E-state index contributed by atoms with van der Waals surface area (Å²) in [6, 6.07) is 16.1. The van der Waals surface area contributed by atoms with Gasteiger partial charge in [-0.05, 0) is 34.6 Å². The Morgan fingerprint density at radius 3 is 1.89 bits per heavy atom. The summed E-state index contributed by atoms with van der Waals surface area (Å²) in [4.78, 5) is 24.1. The number of amides is 1. The molecule has 0 spiro atoms. The number of fused-ring (bicyclic) bond motifs is 3. The van der Waals surface area contributed by atoms with Gasteiger partial charge in [-0.15, -0.1) is 0 Å². The normalized spacial score (nSPS) is 15.4. The van der Waals surface area contributed by atoms with E-state index in [1.54, 1.807) is 20.8 Å². The monoisotopic (exact) mass is 367 g/mol. The number of hydrogen-bond acceptors (Lipinski definition) is 3. The number of nitrogens with one attached hydrogen (secondary N) is 1. The van der Waals surface area contributed by atoms with Crippen molar-refractivity contribution in [1.29, 1.82) is 0 Å². The Hall–Kier alpha value is -2.82. The van der Waals surface area contributed by atoms with Crippen molar-refractivity contribution in [1.82, 2.24) is 5.32 Å². The van der Waals surface area contributed by atoms with Crippen LogP contribution in [0.1, 0.15) is 44.7 Å². The lowest BCUT2D eigenvalue weighted by Crippen LogP contribution is -2.60. The maximum atomic E-state index is 12.4. The van der Waals surface area contributed by atoms with Crippen LogP contribution in [-0.2, 0) is 9.53 Å². The molecule has 0 saturated heterocycles. The van der Waals surface area contributed by atoms with E-state index in [-0.39, 0.29) is 12.5 Å². The summed E-state index contributed by atoms with van der Waals surface area (Å²) >= 11 is 0. The third-order valence-electron chi connectivity index (χ3n) is 5.62. The molecule has 0 unspecified atom stereocenters. The van der Waals surface area contributed by atoms with Crippen LogP contribution in [0.4, 0.5) is 4.79 Å². The molecule has 2 N–H and O–H groups in total. The average molecular weight is 367 g/mol. The van der Waals surface area contributed by atoms with Gasteiger partial charge in [0.1, 0.15) is 12.1 Å². The van der Waals surface area contributed by atoms with E-state index in [0.717, 1.165) is 22.3 Å². The van der Waals surface area contributed by atoms with Crippen molar-refractivity contribution in [3.63, 3.8) is 0 Å². The standard InChI is InChI=1S/C22H25NO4/c1-21(2,3)22(4,19(24)25)23-20(26)27-13-18-16-11-7-5-9-14(16)15-10-6-8-12-17(15)18/h5-12,18H,13H2,1-4H3,(H,23,26)(H,24,25)/t22-/m1/s1. The molecule has 2 aromatic rings. The second-order valence-corrected chi connectivity index (χ2v) is 8.13. The molecule has 5 nitrogen and oxygen atoms in total. The topological polar surface area (TPSA) is 75.6 Å². The van der Waals surface area contributed by atoms with Crippen molar-refractivity contribution < 1.29 is 19.4 Å². The Kier molecular flexibility index (Phi) is 4.72. The Bertz CT molecular complexity index is 838. The first-order valence-corrected chi connectivity index (χ1v) is 9.01. The molecule has 2 aromatic carbocycles. The number of carbonyl (C=O) groups excluding carboxylic acids is 1. The molecule has 1 aliphatic rings. The number of ether oxygens (including phenoxy) is 1. The van der Waals surface area contributed by atoms with Crippen LogP contribution in [0.2, 0.25) is 0 Å². The zero-order chi connectivity index (χ0) is 19.8. The highest BCUT2D eigenvalue weighted by molar-refractivity contribution is 5.85. The van der Waals surface area contributed by atoms with Crippen LogP contribution in [0, 0.1) is 5.41 Å². The summed E-state index contributed by atoms with van der Waals surface area (Å²) in [5, 5.41) is 12.1. The van der Waals surface area contributed by atoms with E-state index in [0.29, 0.717) is 0 Å². The van der Waals surface area contributed by atoms with Gasteiger partial charge in [0, 0.05) is 5.92 Å². The van der Waals surface area contributed by atoms with Gasteiger partial charge >= 0.3 is 12.1 Å². The van der Waals surface area contributed by atoms with Gasteiger partial charge in [-0.1, -0.05) is 69.3 Å². The smallest absolute Gasteiger partial charge is 0.408 e. The molecular formula is C22H25NO4. The van der Waals surface area contributed by atoms with Crippen LogP contribution in [0.15, 0.2) is 48.5 Å². The summed E-state index contributed by atoms with van der Waals surface area (Å²) in [5.41, 5.74) is 2.41. The Labute approximate surface area is 159 Å². The van der Waals surface area contributed by atoms with Crippen molar-refractivity contribution in [3.05, 3.63) is 59.7 Å². The average Bonchev–Trinajstić information content (AvgIpc) is 2.93. The van der Waals surface area contributed by atoms with E-state index >= 15 is 0 Å². The molecule has 5 heteroatoms. The Balaban J connectivity index is 1.77. The minimum absolute atomic E-state index is 0.0612. The first-order chi connectivity index (χ1) is 12.6. The van der Waals surface area contributed by atoms with Crippen molar-refractivity contribution in [2.45, 2.75) is 39.2 Å². The lowest BCUT2D eigenvalue weighted by Gasteiger charge is -2.38. The zero-order valence-electron chi connectivity index (χ0n) is 16.1. The molecule has 0 bridgehead atoms. The van der Waals surface area contributed by atoms with E-state index in [1.165, 1.54) is 6.92 Å². The fraction of sp³-hybridized carbons (Fsp3) is 0.364. The predicted molar refractivity (Wildman–Crippen MR) is 104 cm³/mol. The van der Waals surface area contributed by atoms with Crippen molar-refractivity contribution in [2.75, 3.05) is 6.61 Å². The largest absolute Gasteiger partial charge is 0.479 e. The Morgan fingerprint density at radius 2 is 1.44 bits per heavy atom. The second kappa shape index (κ2) is 6.72. The minimum Gasteiger partial charge on any atom is -0.479 e. The molecule has 0 heterocycles. The maximum Gasteiger partial charge on any atom is 0.408 e. The highest BCUT2D eigenvalue weighted by atomic mass is 16.5. The molecule has 0 saturated carbocycles. The molecular weight excluding hydrogens is 342 g/mol. The fourth-order valence-corrected chi connectivity index (χ4v) is 3.40. The van der Waals surface area contributed by atoms with E-state index in [1.807, 2.05) is 36.4 Å². The number of carbonyl (C=O) groups is 2. The summed E-state index contributed by atoms with van der Waals surface area (Å²) < 4.78 is 5.47. The van der Waals surface area contributed by atoms with Gasteiger partial charge in [0.25, 0.3) is 0 Å². The third kappa shape index (κ3) is 3.29. The van der Waals surface area contributed by atoms with Crippen molar-refractivity contribution >= 4 is 12.1 Å². The van der Waals surface area contributed by atoms with E-state index in [2.05, 4.69) is 17.4 Å². The van der Waals surface area contributed by atoms with Gasteiger partial charge in [-0.3, -0.25) is 0 Å². The number of hydrogen-bond donors (Lipinski definition) is 2. The van der Waals surface area contributed by atoms with Crippen molar-refractivity contribution in [2.24, 2.45) is 5.41 Å². The van der Waals surface area contributed by atoms with Crippen LogP contribution in [0.3, 0.4) is 0 Å². The number of alkyl carbamates (subject to hydrolysis) is 1. The van der Waals surface area contributed by atoms with Gasteiger partial charge in [0.15, 0.2) is 0 Å². The van der Waals surface area contributed by atoms with Crippen LogP contribution in [0.5, 0.6) is 0 Å². The molecule has 0 aliphatic heterocycles. The van der Waals surface area contributed by atoms with Gasteiger partial charge in [0.2, 0.25) is 0 Å². The minimum atomic E-state index is -1.43. The SMILES string of the molecule is CC(C)(C)[C@](C)(NC(=O)OCC1c2ccccc2-c2ccccc21)C(=O)O. The predicted octanol–water partition coefficient (Wildman–Crippen LogP) is 4.41. The number of carboxylic acids is 1. The maximum absolute atomic E-state index is 12.4. The molecule has 1 atom stereocenters.